The predicted molar refractivity (Wildman–Crippen MR) is 121 cm³/mol. The van der Waals surface area contributed by atoms with Gasteiger partial charge in [-0.2, -0.15) is 8.61 Å². The van der Waals surface area contributed by atoms with Gasteiger partial charge in [0.1, 0.15) is 0 Å². The zero-order valence-electron chi connectivity index (χ0n) is 18.2. The molecule has 0 aliphatic carbocycles. The summed E-state index contributed by atoms with van der Waals surface area (Å²) in [6.07, 6.45) is 0. The first kappa shape index (κ1) is 25.0. The van der Waals surface area contributed by atoms with Crippen molar-refractivity contribution < 1.29 is 31.2 Å². The Morgan fingerprint density at radius 3 is 2.03 bits per heavy atom. The summed E-state index contributed by atoms with van der Waals surface area (Å²) in [4.78, 5) is 23.8. The maximum Gasteiger partial charge on any atom is 0.243 e. The van der Waals surface area contributed by atoms with Crippen molar-refractivity contribution in [3.63, 3.8) is 0 Å². The van der Waals surface area contributed by atoms with Crippen molar-refractivity contribution in [3.05, 3.63) is 54.1 Å². The highest BCUT2D eigenvalue weighted by atomic mass is 32.2. The topological polar surface area (TPSA) is 130 Å². The lowest BCUT2D eigenvalue weighted by Gasteiger charge is -2.26. The second kappa shape index (κ2) is 10.1. The lowest BCUT2D eigenvalue weighted by atomic mass is 10.2. The molecule has 12 heteroatoms. The number of ketones is 1. The molecule has 1 saturated heterocycles. The molecule has 3 rings (SSSR count). The molecule has 0 radical (unpaired) electrons. The van der Waals surface area contributed by atoms with E-state index in [1.54, 1.807) is 0 Å². The quantitative estimate of drug-likeness (QED) is 0.544. The van der Waals surface area contributed by atoms with E-state index in [2.05, 4.69) is 5.32 Å². The van der Waals surface area contributed by atoms with Crippen LogP contribution in [-0.4, -0.2) is 77.0 Å². The molecule has 0 atom stereocenters. The van der Waals surface area contributed by atoms with Crippen molar-refractivity contribution in [2.75, 3.05) is 45.2 Å². The van der Waals surface area contributed by atoms with E-state index in [1.807, 2.05) is 0 Å². The molecule has 2 aromatic rings. The van der Waals surface area contributed by atoms with Crippen molar-refractivity contribution in [1.29, 1.82) is 0 Å². The summed E-state index contributed by atoms with van der Waals surface area (Å²) >= 11 is 0. The Morgan fingerprint density at radius 1 is 0.939 bits per heavy atom. The number of rotatable bonds is 8. The molecule has 1 heterocycles. The molecule has 1 N–H and O–H groups in total. The van der Waals surface area contributed by atoms with Gasteiger partial charge in [0.25, 0.3) is 0 Å². The summed E-state index contributed by atoms with van der Waals surface area (Å²) in [5.41, 5.74) is 0.714. The Kier molecular flexibility index (Phi) is 7.65. The van der Waals surface area contributed by atoms with Crippen molar-refractivity contribution >= 4 is 37.4 Å². The monoisotopic (exact) mass is 495 g/mol. The van der Waals surface area contributed by atoms with Crippen LogP contribution in [0.4, 0.5) is 5.69 Å². The molecule has 0 aromatic heterocycles. The van der Waals surface area contributed by atoms with Crippen LogP contribution in [0.3, 0.4) is 0 Å². The van der Waals surface area contributed by atoms with Gasteiger partial charge in [0.05, 0.1) is 29.5 Å². The maximum absolute atomic E-state index is 12.7. The predicted octanol–water partition coefficient (Wildman–Crippen LogP) is 1.17. The average molecular weight is 496 g/mol. The Bertz CT molecular complexity index is 1220. The molecule has 10 nitrogen and oxygen atoms in total. The first-order valence-corrected chi connectivity index (χ1v) is 12.9. The van der Waals surface area contributed by atoms with E-state index >= 15 is 0 Å². The molecule has 0 spiro atoms. The van der Waals surface area contributed by atoms with Crippen LogP contribution in [0.2, 0.25) is 0 Å². The van der Waals surface area contributed by atoms with Gasteiger partial charge in [0.15, 0.2) is 5.78 Å². The molecule has 0 bridgehead atoms. The Morgan fingerprint density at radius 2 is 1.48 bits per heavy atom. The molecule has 1 amide bonds. The van der Waals surface area contributed by atoms with Gasteiger partial charge < -0.3 is 10.1 Å². The van der Waals surface area contributed by atoms with Crippen molar-refractivity contribution in [2.24, 2.45) is 0 Å². The van der Waals surface area contributed by atoms with Crippen LogP contribution in [0.25, 0.3) is 0 Å². The number of hydrogen-bond donors (Lipinski definition) is 1. The molecule has 178 valence electrons. The third-order valence-corrected chi connectivity index (χ3v) is 8.81. The molecule has 0 unspecified atom stereocenters. The number of carbonyl (C=O) groups excluding carboxylic acids is 2. The van der Waals surface area contributed by atoms with Gasteiger partial charge in [-0.25, -0.2) is 16.8 Å². The van der Waals surface area contributed by atoms with Gasteiger partial charge in [-0.1, -0.05) is 12.1 Å². The van der Waals surface area contributed by atoms with E-state index in [1.165, 1.54) is 66.8 Å². The zero-order chi connectivity index (χ0) is 24.2. The molecular formula is C21H25N3O7S2. The number of amides is 1. The van der Waals surface area contributed by atoms with Gasteiger partial charge in [-0.05, 0) is 43.3 Å². The minimum absolute atomic E-state index is 0.0412. The summed E-state index contributed by atoms with van der Waals surface area (Å²) in [5.74, 6) is -0.777. The van der Waals surface area contributed by atoms with Crippen LogP contribution in [-0.2, 0) is 29.6 Å². The first-order valence-electron chi connectivity index (χ1n) is 10.1. The molecular weight excluding hydrogens is 470 g/mol. The minimum Gasteiger partial charge on any atom is -0.379 e. The van der Waals surface area contributed by atoms with Gasteiger partial charge in [-0.15, -0.1) is 0 Å². The fraction of sp³-hybridized carbons (Fsp3) is 0.333. The van der Waals surface area contributed by atoms with Gasteiger partial charge in [0, 0.05) is 31.4 Å². The number of likely N-dealkylation sites (N-methyl/N-ethyl adjacent to an activating group) is 1. The van der Waals surface area contributed by atoms with Crippen LogP contribution < -0.4 is 5.32 Å². The van der Waals surface area contributed by atoms with E-state index in [4.69, 9.17) is 4.74 Å². The summed E-state index contributed by atoms with van der Waals surface area (Å²) in [5, 5.41) is 2.56. The van der Waals surface area contributed by atoms with Gasteiger partial charge in [-0.3, -0.25) is 9.59 Å². The standard InChI is InChI=1S/C21H25N3O7S2/c1-16(25)17-3-7-19(8-4-17)32(27,28)23(2)15-21(26)22-18-5-9-20(10-6-18)33(29,30)24-11-13-31-14-12-24/h3-10H,11-15H2,1-2H3,(H,22,26). The second-order valence-electron chi connectivity index (χ2n) is 7.43. The molecule has 0 saturated carbocycles. The maximum atomic E-state index is 12.7. The number of Topliss-reactive ketones (excluding diaryl/α,β-unsaturated/α-hetero) is 1. The molecule has 1 fully saturated rings. The fourth-order valence-corrected chi connectivity index (χ4v) is 5.71. The summed E-state index contributed by atoms with van der Waals surface area (Å²) in [6, 6.07) is 11.1. The lowest BCUT2D eigenvalue weighted by molar-refractivity contribution is -0.116. The first-order chi connectivity index (χ1) is 15.5. The van der Waals surface area contributed by atoms with Crippen molar-refractivity contribution in [3.8, 4) is 0 Å². The summed E-state index contributed by atoms with van der Waals surface area (Å²) in [6.45, 7) is 2.16. The van der Waals surface area contributed by atoms with Crippen molar-refractivity contribution in [2.45, 2.75) is 16.7 Å². The molecule has 1 aliphatic heterocycles. The van der Waals surface area contributed by atoms with Crippen LogP contribution in [0, 0.1) is 0 Å². The Balaban J connectivity index is 1.63. The number of nitrogens with zero attached hydrogens (tertiary/aromatic N) is 2. The lowest BCUT2D eigenvalue weighted by Crippen LogP contribution is -2.40. The van der Waals surface area contributed by atoms with Crippen LogP contribution in [0.15, 0.2) is 58.3 Å². The van der Waals surface area contributed by atoms with E-state index in [0.29, 0.717) is 24.5 Å². The third-order valence-electron chi connectivity index (χ3n) is 5.08. The molecule has 2 aromatic carbocycles. The minimum atomic E-state index is -3.94. The van der Waals surface area contributed by atoms with Gasteiger partial charge >= 0.3 is 0 Å². The highest BCUT2D eigenvalue weighted by Gasteiger charge is 2.26. The largest absolute Gasteiger partial charge is 0.379 e. The molecule has 33 heavy (non-hydrogen) atoms. The number of anilines is 1. The zero-order valence-corrected chi connectivity index (χ0v) is 19.9. The van der Waals surface area contributed by atoms with E-state index < -0.39 is 32.5 Å². The SMILES string of the molecule is CC(=O)c1ccc(S(=O)(=O)N(C)CC(=O)Nc2ccc(S(=O)(=O)N3CCOCC3)cc2)cc1. The third kappa shape index (κ3) is 5.84. The summed E-state index contributed by atoms with van der Waals surface area (Å²) in [7, 11) is -6.32. The second-order valence-corrected chi connectivity index (χ2v) is 11.4. The highest BCUT2D eigenvalue weighted by molar-refractivity contribution is 7.89. The normalized spacial score (nSPS) is 15.4. The highest BCUT2D eigenvalue weighted by Crippen LogP contribution is 2.20. The Hall–Kier alpha value is -2.64. The number of sulfonamides is 2. The van der Waals surface area contributed by atoms with E-state index in [-0.39, 0.29) is 28.7 Å². The number of morpholine rings is 1. The van der Waals surface area contributed by atoms with Crippen LogP contribution in [0.1, 0.15) is 17.3 Å². The summed E-state index contributed by atoms with van der Waals surface area (Å²) < 4.78 is 58.1. The number of hydrogen-bond acceptors (Lipinski definition) is 7. The van der Waals surface area contributed by atoms with Crippen molar-refractivity contribution in [1.82, 2.24) is 8.61 Å². The molecule has 1 aliphatic rings. The number of benzene rings is 2. The van der Waals surface area contributed by atoms with Gasteiger partial charge in [0.2, 0.25) is 26.0 Å². The van der Waals surface area contributed by atoms with Crippen LogP contribution >= 0.6 is 0 Å². The smallest absolute Gasteiger partial charge is 0.243 e. The average Bonchev–Trinajstić information content (AvgIpc) is 2.80. The Labute approximate surface area is 193 Å². The fourth-order valence-electron chi connectivity index (χ4n) is 3.18. The van der Waals surface area contributed by atoms with Crippen LogP contribution in [0.5, 0.6) is 0 Å². The number of ether oxygens (including phenoxy) is 1. The van der Waals surface area contributed by atoms with E-state index in [9.17, 15) is 26.4 Å². The number of nitrogens with one attached hydrogen (secondary N) is 1. The number of carbonyl (C=O) groups is 2. The van der Waals surface area contributed by atoms with E-state index in [0.717, 1.165) is 4.31 Å².